The minimum Gasteiger partial charge on any atom is -0.508 e. The van der Waals surface area contributed by atoms with E-state index in [1.807, 2.05) is 48.0 Å². The third-order valence-corrected chi connectivity index (χ3v) is 2.90. The number of fused-ring (bicyclic) bond motifs is 1. The van der Waals surface area contributed by atoms with E-state index in [1.165, 1.54) is 0 Å². The summed E-state index contributed by atoms with van der Waals surface area (Å²) in [5.74, 6) is 1.15. The molecule has 0 atom stereocenters. The standard InChI is InChI=1S/C14H12N2O/c1-16-13-8-7-11(17)9-12(13)15-14(16)10-5-3-2-4-6-10/h2-9,17H,1H3. The zero-order valence-electron chi connectivity index (χ0n) is 9.46. The van der Waals surface area contributed by atoms with Crippen LogP contribution in [0.25, 0.3) is 22.4 Å². The van der Waals surface area contributed by atoms with Crippen molar-refractivity contribution in [2.75, 3.05) is 0 Å². The van der Waals surface area contributed by atoms with Gasteiger partial charge in [0.15, 0.2) is 0 Å². The average Bonchev–Trinajstić information content (AvgIpc) is 2.67. The molecular weight excluding hydrogens is 212 g/mol. The summed E-state index contributed by atoms with van der Waals surface area (Å²) < 4.78 is 2.03. The van der Waals surface area contributed by atoms with Gasteiger partial charge in [-0.25, -0.2) is 4.98 Å². The third-order valence-electron chi connectivity index (χ3n) is 2.90. The number of aryl methyl sites for hydroxylation is 1. The van der Waals surface area contributed by atoms with E-state index in [0.717, 1.165) is 22.4 Å². The third kappa shape index (κ3) is 1.56. The Morgan fingerprint density at radius 1 is 1.06 bits per heavy atom. The molecule has 0 aliphatic rings. The summed E-state index contributed by atoms with van der Waals surface area (Å²) >= 11 is 0. The van der Waals surface area contributed by atoms with Crippen molar-refractivity contribution >= 4 is 11.0 Å². The van der Waals surface area contributed by atoms with Crippen molar-refractivity contribution in [3.05, 3.63) is 48.5 Å². The summed E-state index contributed by atoms with van der Waals surface area (Å²) in [5.41, 5.74) is 2.90. The molecule has 0 bridgehead atoms. The van der Waals surface area contributed by atoms with E-state index in [1.54, 1.807) is 12.1 Å². The van der Waals surface area contributed by atoms with E-state index >= 15 is 0 Å². The number of nitrogens with zero attached hydrogens (tertiary/aromatic N) is 2. The van der Waals surface area contributed by atoms with E-state index in [2.05, 4.69) is 4.98 Å². The van der Waals surface area contributed by atoms with Gasteiger partial charge in [-0.2, -0.15) is 0 Å². The van der Waals surface area contributed by atoms with Crippen LogP contribution in [-0.4, -0.2) is 14.7 Å². The van der Waals surface area contributed by atoms with Crippen LogP contribution in [0.3, 0.4) is 0 Å². The summed E-state index contributed by atoms with van der Waals surface area (Å²) in [4.78, 5) is 4.55. The molecule has 3 nitrogen and oxygen atoms in total. The molecule has 3 rings (SSSR count). The zero-order chi connectivity index (χ0) is 11.8. The molecule has 1 heterocycles. The number of hydrogen-bond donors (Lipinski definition) is 1. The molecule has 0 saturated carbocycles. The largest absolute Gasteiger partial charge is 0.508 e. The second-order valence-electron chi connectivity index (χ2n) is 4.03. The maximum Gasteiger partial charge on any atom is 0.140 e. The van der Waals surface area contributed by atoms with Gasteiger partial charge in [0, 0.05) is 18.7 Å². The number of rotatable bonds is 1. The van der Waals surface area contributed by atoms with Crippen LogP contribution < -0.4 is 0 Å². The normalized spacial score (nSPS) is 10.9. The molecule has 17 heavy (non-hydrogen) atoms. The van der Waals surface area contributed by atoms with Crippen LogP contribution in [-0.2, 0) is 7.05 Å². The van der Waals surface area contributed by atoms with Crippen LogP contribution in [0.5, 0.6) is 5.75 Å². The fourth-order valence-electron chi connectivity index (χ4n) is 2.03. The molecule has 1 N–H and O–H groups in total. The minimum absolute atomic E-state index is 0.246. The lowest BCUT2D eigenvalue weighted by Gasteiger charge is -2.01. The predicted octanol–water partition coefficient (Wildman–Crippen LogP) is 2.95. The molecule has 0 unspecified atom stereocenters. The number of aromatic nitrogens is 2. The first-order valence-electron chi connectivity index (χ1n) is 5.46. The number of benzene rings is 2. The number of phenols is 1. The second-order valence-corrected chi connectivity index (χ2v) is 4.03. The Labute approximate surface area is 99.0 Å². The van der Waals surface area contributed by atoms with Crippen LogP contribution in [0.1, 0.15) is 0 Å². The fraction of sp³-hybridized carbons (Fsp3) is 0.0714. The summed E-state index contributed by atoms with van der Waals surface area (Å²) in [5, 5.41) is 9.45. The van der Waals surface area contributed by atoms with Crippen LogP contribution in [0, 0.1) is 0 Å². The van der Waals surface area contributed by atoms with Gasteiger partial charge >= 0.3 is 0 Å². The Morgan fingerprint density at radius 2 is 1.82 bits per heavy atom. The summed E-state index contributed by atoms with van der Waals surface area (Å²) in [6, 6.07) is 15.3. The lowest BCUT2D eigenvalue weighted by atomic mass is 10.2. The van der Waals surface area contributed by atoms with Gasteiger partial charge in [-0.3, -0.25) is 0 Å². The molecule has 0 radical (unpaired) electrons. The lowest BCUT2D eigenvalue weighted by molar-refractivity contribution is 0.476. The van der Waals surface area contributed by atoms with Crippen LogP contribution in [0.15, 0.2) is 48.5 Å². The summed E-state index contributed by atoms with van der Waals surface area (Å²) in [7, 11) is 1.98. The molecule has 3 aromatic rings. The SMILES string of the molecule is Cn1c(-c2ccccc2)nc2cc(O)ccc21. The topological polar surface area (TPSA) is 38.0 Å². The van der Waals surface area contributed by atoms with Gasteiger partial charge in [0.05, 0.1) is 11.0 Å². The van der Waals surface area contributed by atoms with Gasteiger partial charge in [0.25, 0.3) is 0 Å². The van der Waals surface area contributed by atoms with Crippen molar-refractivity contribution in [3.63, 3.8) is 0 Å². The fourth-order valence-corrected chi connectivity index (χ4v) is 2.03. The van der Waals surface area contributed by atoms with Gasteiger partial charge in [0.2, 0.25) is 0 Å². The van der Waals surface area contributed by atoms with Crippen molar-refractivity contribution in [3.8, 4) is 17.1 Å². The molecule has 0 aliphatic heterocycles. The van der Waals surface area contributed by atoms with Gasteiger partial charge in [-0.1, -0.05) is 30.3 Å². The Kier molecular flexibility index (Phi) is 2.11. The first-order chi connectivity index (χ1) is 8.25. The lowest BCUT2D eigenvalue weighted by Crippen LogP contribution is -1.91. The quantitative estimate of drug-likeness (QED) is 0.690. The highest BCUT2D eigenvalue weighted by atomic mass is 16.3. The van der Waals surface area contributed by atoms with Crippen LogP contribution >= 0.6 is 0 Å². The van der Waals surface area contributed by atoms with Gasteiger partial charge in [-0.15, -0.1) is 0 Å². The highest BCUT2D eigenvalue weighted by molar-refractivity contribution is 5.81. The van der Waals surface area contributed by atoms with Crippen LogP contribution in [0.4, 0.5) is 0 Å². The van der Waals surface area contributed by atoms with Gasteiger partial charge < -0.3 is 9.67 Å². The average molecular weight is 224 g/mol. The first-order valence-corrected chi connectivity index (χ1v) is 5.46. The Balaban J connectivity index is 2.28. The smallest absolute Gasteiger partial charge is 0.140 e. The van der Waals surface area contributed by atoms with Gasteiger partial charge in [-0.05, 0) is 12.1 Å². The van der Waals surface area contributed by atoms with Crippen molar-refractivity contribution in [1.82, 2.24) is 9.55 Å². The zero-order valence-corrected chi connectivity index (χ0v) is 9.46. The van der Waals surface area contributed by atoms with E-state index in [0.29, 0.717) is 0 Å². The highest BCUT2D eigenvalue weighted by Crippen LogP contribution is 2.25. The summed E-state index contributed by atoms with van der Waals surface area (Å²) in [6.07, 6.45) is 0. The molecule has 0 amide bonds. The maximum atomic E-state index is 9.45. The monoisotopic (exact) mass is 224 g/mol. The molecule has 2 aromatic carbocycles. The minimum atomic E-state index is 0.246. The maximum absolute atomic E-state index is 9.45. The first kappa shape index (κ1) is 9.90. The van der Waals surface area contributed by atoms with Gasteiger partial charge in [0.1, 0.15) is 11.6 Å². The van der Waals surface area contributed by atoms with E-state index in [9.17, 15) is 5.11 Å². The summed E-state index contributed by atoms with van der Waals surface area (Å²) in [6.45, 7) is 0. The van der Waals surface area contributed by atoms with Crippen LogP contribution in [0.2, 0.25) is 0 Å². The molecule has 3 heteroatoms. The molecule has 0 fully saturated rings. The molecule has 0 aliphatic carbocycles. The Bertz CT molecular complexity index is 671. The molecule has 1 aromatic heterocycles. The Morgan fingerprint density at radius 3 is 2.59 bits per heavy atom. The number of aromatic hydroxyl groups is 1. The van der Waals surface area contributed by atoms with Crippen molar-refractivity contribution < 1.29 is 5.11 Å². The number of hydrogen-bond acceptors (Lipinski definition) is 2. The molecular formula is C14H12N2O. The van der Waals surface area contributed by atoms with Crippen molar-refractivity contribution in [2.24, 2.45) is 7.05 Å². The highest BCUT2D eigenvalue weighted by Gasteiger charge is 2.09. The second kappa shape index (κ2) is 3.63. The molecule has 0 spiro atoms. The van der Waals surface area contributed by atoms with E-state index < -0.39 is 0 Å². The number of imidazole rings is 1. The predicted molar refractivity (Wildman–Crippen MR) is 67.8 cm³/mol. The van der Waals surface area contributed by atoms with E-state index in [4.69, 9.17) is 0 Å². The van der Waals surface area contributed by atoms with Crippen molar-refractivity contribution in [1.29, 1.82) is 0 Å². The molecule has 0 saturated heterocycles. The Hall–Kier alpha value is -2.29. The van der Waals surface area contributed by atoms with Crippen molar-refractivity contribution in [2.45, 2.75) is 0 Å². The molecule has 84 valence electrons. The van der Waals surface area contributed by atoms with E-state index in [-0.39, 0.29) is 5.75 Å². The number of phenolic OH excluding ortho intramolecular Hbond substituents is 1.